The molecule has 1 amide bonds. The number of hydrogen-bond donors (Lipinski definition) is 2. The van der Waals surface area contributed by atoms with Gasteiger partial charge >= 0.3 is 0 Å². The Morgan fingerprint density at radius 2 is 1.68 bits per heavy atom. The summed E-state index contributed by atoms with van der Waals surface area (Å²) in [5.41, 5.74) is 4.51. The highest BCUT2D eigenvalue weighted by Crippen LogP contribution is 2.19. The Bertz CT molecular complexity index is 670. The molecule has 0 spiro atoms. The first kappa shape index (κ1) is 16.0. The van der Waals surface area contributed by atoms with E-state index in [1.165, 1.54) is 11.1 Å². The number of amides is 1. The summed E-state index contributed by atoms with van der Waals surface area (Å²) < 4.78 is 0. The maximum Gasteiger partial charge on any atom is 0.270 e. The molecule has 0 fully saturated rings. The molecule has 0 saturated heterocycles. The zero-order chi connectivity index (χ0) is 16.3. The average molecular weight is 297 g/mol. The highest BCUT2D eigenvalue weighted by atomic mass is 16.2. The number of benzene rings is 1. The minimum atomic E-state index is -0.269. The van der Waals surface area contributed by atoms with E-state index in [9.17, 15) is 4.79 Å². The maximum absolute atomic E-state index is 12.0. The number of nitrogens with one attached hydrogen (secondary N) is 2. The van der Waals surface area contributed by atoms with Gasteiger partial charge in [0.15, 0.2) is 0 Å². The third-order valence-electron chi connectivity index (χ3n) is 3.28. The molecule has 0 unspecified atom stereocenters. The van der Waals surface area contributed by atoms with Crippen LogP contribution in [0.1, 0.15) is 42.4 Å². The fourth-order valence-corrected chi connectivity index (χ4v) is 1.99. The summed E-state index contributed by atoms with van der Waals surface area (Å²) in [7, 11) is 0. The number of carbonyl (C=O) groups excluding carboxylic acids is 1. The normalized spacial score (nSPS) is 11.1. The van der Waals surface area contributed by atoms with Crippen LogP contribution in [0.25, 0.3) is 0 Å². The second-order valence-corrected chi connectivity index (χ2v) is 6.56. The van der Waals surface area contributed by atoms with E-state index < -0.39 is 0 Å². The fourth-order valence-electron chi connectivity index (χ4n) is 1.99. The van der Waals surface area contributed by atoms with Gasteiger partial charge in [0.25, 0.3) is 5.91 Å². The second-order valence-electron chi connectivity index (χ2n) is 6.56. The SMILES string of the molecule is Cc1ccc(Nc2ccc(C(=O)NC(C)(C)C)nc2)cc1C. The number of hydrogen-bond acceptors (Lipinski definition) is 3. The van der Waals surface area contributed by atoms with Gasteiger partial charge in [0.1, 0.15) is 5.69 Å². The molecular formula is C18H23N3O. The van der Waals surface area contributed by atoms with Crippen molar-refractivity contribution in [2.24, 2.45) is 0 Å². The van der Waals surface area contributed by atoms with Gasteiger partial charge in [0.05, 0.1) is 11.9 Å². The average Bonchev–Trinajstić information content (AvgIpc) is 2.42. The minimum Gasteiger partial charge on any atom is -0.354 e. The molecular weight excluding hydrogens is 274 g/mol. The summed E-state index contributed by atoms with van der Waals surface area (Å²) in [5, 5.41) is 6.19. The van der Waals surface area contributed by atoms with Crippen molar-refractivity contribution in [2.75, 3.05) is 5.32 Å². The lowest BCUT2D eigenvalue weighted by molar-refractivity contribution is 0.0914. The Kier molecular flexibility index (Phi) is 4.50. The first-order valence-corrected chi connectivity index (χ1v) is 7.37. The van der Waals surface area contributed by atoms with Crippen molar-refractivity contribution in [1.82, 2.24) is 10.3 Å². The van der Waals surface area contributed by atoms with Gasteiger partial charge in [-0.3, -0.25) is 4.79 Å². The van der Waals surface area contributed by atoms with Crippen LogP contribution in [0.15, 0.2) is 36.5 Å². The van der Waals surface area contributed by atoms with E-state index in [1.807, 2.05) is 32.9 Å². The van der Waals surface area contributed by atoms with Gasteiger partial charge in [0.2, 0.25) is 0 Å². The molecule has 0 radical (unpaired) electrons. The van der Waals surface area contributed by atoms with Crippen LogP contribution < -0.4 is 10.6 Å². The zero-order valence-corrected chi connectivity index (χ0v) is 13.8. The highest BCUT2D eigenvalue weighted by Gasteiger charge is 2.15. The van der Waals surface area contributed by atoms with Gasteiger partial charge in [0, 0.05) is 11.2 Å². The number of carbonyl (C=O) groups is 1. The first-order valence-electron chi connectivity index (χ1n) is 7.37. The molecule has 0 aliphatic carbocycles. The van der Waals surface area contributed by atoms with Gasteiger partial charge in [-0.1, -0.05) is 6.07 Å². The van der Waals surface area contributed by atoms with E-state index in [-0.39, 0.29) is 11.4 Å². The van der Waals surface area contributed by atoms with E-state index in [0.29, 0.717) is 5.69 Å². The smallest absolute Gasteiger partial charge is 0.270 e. The van der Waals surface area contributed by atoms with Crippen molar-refractivity contribution >= 4 is 17.3 Å². The zero-order valence-electron chi connectivity index (χ0n) is 13.8. The summed E-state index contributed by atoms with van der Waals surface area (Å²) in [4.78, 5) is 16.2. The van der Waals surface area contributed by atoms with Crippen LogP contribution in [0.4, 0.5) is 11.4 Å². The van der Waals surface area contributed by atoms with Gasteiger partial charge in [-0.25, -0.2) is 4.98 Å². The first-order chi connectivity index (χ1) is 10.2. The molecule has 1 aromatic heterocycles. The molecule has 1 aromatic carbocycles. The van der Waals surface area contributed by atoms with Crippen LogP contribution in [0.3, 0.4) is 0 Å². The summed E-state index contributed by atoms with van der Waals surface area (Å²) in [5.74, 6) is -0.162. The van der Waals surface area contributed by atoms with Crippen molar-refractivity contribution in [3.05, 3.63) is 53.3 Å². The summed E-state index contributed by atoms with van der Waals surface area (Å²) in [6.45, 7) is 10.0. The maximum atomic E-state index is 12.0. The van der Waals surface area contributed by atoms with E-state index in [1.54, 1.807) is 12.3 Å². The molecule has 0 atom stereocenters. The molecule has 22 heavy (non-hydrogen) atoms. The summed E-state index contributed by atoms with van der Waals surface area (Å²) in [6.07, 6.45) is 1.67. The number of aryl methyl sites for hydroxylation is 2. The lowest BCUT2D eigenvalue weighted by Crippen LogP contribution is -2.40. The third kappa shape index (κ3) is 4.32. The summed E-state index contributed by atoms with van der Waals surface area (Å²) >= 11 is 0. The molecule has 1 heterocycles. The van der Waals surface area contributed by atoms with E-state index in [0.717, 1.165) is 11.4 Å². The van der Waals surface area contributed by atoms with Gasteiger partial charge < -0.3 is 10.6 Å². The Hall–Kier alpha value is -2.36. The summed E-state index contributed by atoms with van der Waals surface area (Å²) in [6, 6.07) is 9.79. The number of nitrogens with zero attached hydrogens (tertiary/aromatic N) is 1. The Morgan fingerprint density at radius 3 is 2.23 bits per heavy atom. The van der Waals surface area contributed by atoms with Crippen LogP contribution in [0, 0.1) is 13.8 Å². The molecule has 2 N–H and O–H groups in total. The lowest BCUT2D eigenvalue weighted by Gasteiger charge is -2.20. The number of anilines is 2. The molecule has 0 bridgehead atoms. The molecule has 116 valence electrons. The van der Waals surface area contributed by atoms with Crippen LogP contribution in [-0.4, -0.2) is 16.4 Å². The Balaban J connectivity index is 2.08. The van der Waals surface area contributed by atoms with E-state index in [2.05, 4.69) is 41.6 Å². The molecule has 4 heteroatoms. The second kappa shape index (κ2) is 6.18. The van der Waals surface area contributed by atoms with Crippen molar-refractivity contribution in [3.63, 3.8) is 0 Å². The molecule has 0 aliphatic rings. The number of aromatic nitrogens is 1. The van der Waals surface area contributed by atoms with Gasteiger partial charge in [-0.15, -0.1) is 0 Å². The molecule has 2 rings (SSSR count). The molecule has 2 aromatic rings. The van der Waals surface area contributed by atoms with Crippen LogP contribution in [0.5, 0.6) is 0 Å². The van der Waals surface area contributed by atoms with Crippen molar-refractivity contribution in [1.29, 1.82) is 0 Å². The Labute approximate surface area is 132 Å². The lowest BCUT2D eigenvalue weighted by atomic mass is 10.1. The van der Waals surface area contributed by atoms with Crippen LogP contribution >= 0.6 is 0 Å². The standard InChI is InChI=1S/C18H23N3O/c1-12-6-7-14(10-13(12)2)20-15-8-9-16(19-11-15)17(22)21-18(3,4)5/h6-11,20H,1-5H3,(H,21,22). The molecule has 0 saturated carbocycles. The van der Waals surface area contributed by atoms with E-state index in [4.69, 9.17) is 0 Å². The van der Waals surface area contributed by atoms with Crippen molar-refractivity contribution in [3.8, 4) is 0 Å². The highest BCUT2D eigenvalue weighted by molar-refractivity contribution is 5.92. The predicted molar refractivity (Wildman–Crippen MR) is 90.7 cm³/mol. The number of rotatable bonds is 3. The monoisotopic (exact) mass is 297 g/mol. The quantitative estimate of drug-likeness (QED) is 0.901. The molecule has 0 aliphatic heterocycles. The largest absolute Gasteiger partial charge is 0.354 e. The van der Waals surface area contributed by atoms with Gasteiger partial charge in [-0.05, 0) is 70.0 Å². The topological polar surface area (TPSA) is 54.0 Å². The number of pyridine rings is 1. The van der Waals surface area contributed by atoms with Crippen LogP contribution in [0.2, 0.25) is 0 Å². The predicted octanol–water partition coefficient (Wildman–Crippen LogP) is 3.97. The third-order valence-corrected chi connectivity index (χ3v) is 3.28. The Morgan fingerprint density at radius 1 is 1.00 bits per heavy atom. The molecule has 4 nitrogen and oxygen atoms in total. The van der Waals surface area contributed by atoms with Gasteiger partial charge in [-0.2, -0.15) is 0 Å². The minimum absolute atomic E-state index is 0.162. The fraction of sp³-hybridized carbons (Fsp3) is 0.333. The van der Waals surface area contributed by atoms with E-state index >= 15 is 0 Å². The van der Waals surface area contributed by atoms with Crippen molar-refractivity contribution < 1.29 is 4.79 Å². The van der Waals surface area contributed by atoms with Crippen LogP contribution in [-0.2, 0) is 0 Å². The van der Waals surface area contributed by atoms with Crippen molar-refractivity contribution in [2.45, 2.75) is 40.2 Å².